The molecule has 2 heteroatoms. The molecular formula is C88H116N2. The highest BCUT2D eigenvalue weighted by atomic mass is 15.0. The summed E-state index contributed by atoms with van der Waals surface area (Å²) in [4.78, 5) is 0. The highest BCUT2D eigenvalue weighted by Gasteiger charge is 2.29. The fraction of sp³-hybridized carbons (Fsp3) is 0.545. The Bertz CT molecular complexity index is 3800. The molecule has 0 saturated heterocycles. The summed E-state index contributed by atoms with van der Waals surface area (Å²) in [5.74, 6) is 1.31. The molecule has 0 amide bonds. The number of unbranched alkanes of at least 4 members (excludes halogenated alkanes) is 32. The molecule has 2 heterocycles. The Hall–Kier alpha value is -5.60. The van der Waals surface area contributed by atoms with Gasteiger partial charge < -0.3 is 9.13 Å². The monoisotopic (exact) mass is 1200 g/mol. The summed E-state index contributed by atoms with van der Waals surface area (Å²) in [6.07, 6.45) is 55.4. The van der Waals surface area contributed by atoms with Gasteiger partial charge >= 0.3 is 0 Å². The van der Waals surface area contributed by atoms with Crippen LogP contribution in [0.1, 0.15) is 285 Å². The topological polar surface area (TPSA) is 9.86 Å². The van der Waals surface area contributed by atoms with Crippen molar-refractivity contribution in [3.63, 3.8) is 0 Å². The summed E-state index contributed by atoms with van der Waals surface area (Å²) >= 11 is 0. The van der Waals surface area contributed by atoms with E-state index in [0.29, 0.717) is 11.8 Å². The molecule has 2 atom stereocenters. The van der Waals surface area contributed by atoms with E-state index < -0.39 is 0 Å². The van der Waals surface area contributed by atoms with Crippen LogP contribution in [0, 0.1) is 11.8 Å². The number of fused-ring (bicyclic) bond motifs is 2. The van der Waals surface area contributed by atoms with Gasteiger partial charge in [-0.2, -0.15) is 0 Å². The van der Waals surface area contributed by atoms with Gasteiger partial charge in [0.1, 0.15) is 0 Å². The van der Waals surface area contributed by atoms with Gasteiger partial charge in [-0.3, -0.25) is 0 Å². The number of aromatic nitrogens is 2. The summed E-state index contributed by atoms with van der Waals surface area (Å²) in [6.45, 7) is 11.6. The van der Waals surface area contributed by atoms with Crippen molar-refractivity contribution < 1.29 is 0 Å². The first kappa shape index (κ1) is 64.5. The molecule has 12 rings (SSSR count). The van der Waals surface area contributed by atoms with Crippen LogP contribution in [-0.2, 0) is 13.1 Å². The third-order valence-corrected chi connectivity index (χ3v) is 22.6. The molecule has 0 aliphatic rings. The van der Waals surface area contributed by atoms with E-state index in [9.17, 15) is 0 Å². The number of nitrogens with zero attached hydrogens (tertiary/aromatic N) is 2. The highest BCUT2D eigenvalue weighted by Crippen LogP contribution is 2.53. The third-order valence-electron chi connectivity index (χ3n) is 22.6. The molecule has 0 N–H and O–H groups in total. The van der Waals surface area contributed by atoms with Crippen LogP contribution in [0.5, 0.6) is 0 Å². The Morgan fingerprint density at radius 1 is 0.233 bits per heavy atom. The standard InChI is InChI=1S/C88H116N2/c1-5-9-13-17-21-25-27-31-35-39-47-65(45-37-33-29-23-19-15-11-7-3)63-89-77-59-57-67-49-41-51-69-71-53-43-55-73-75(61-79(89)87(83(71)73)85(77)81(67)69)76-62-80-88-84-72(54-44-56-74(76)84)70-52-42-50-68-58-60-78(86(88)82(68)70)90(80)64-66(46-38-34-30-24-20-16-12-8-4)48-40-36-32-28-26-22-18-14-10-6-2/h41-44,49-62,65-66H,5-40,45-48,63-64H2,1-4H3. The first-order valence-corrected chi connectivity index (χ1v) is 38.5. The van der Waals surface area contributed by atoms with Crippen LogP contribution in [0.15, 0.2) is 109 Å². The van der Waals surface area contributed by atoms with Crippen molar-refractivity contribution in [1.29, 1.82) is 0 Å². The lowest BCUT2D eigenvalue weighted by Gasteiger charge is -2.21. The lowest BCUT2D eigenvalue weighted by atomic mass is 9.84. The predicted molar refractivity (Wildman–Crippen MR) is 402 cm³/mol. The van der Waals surface area contributed by atoms with Crippen molar-refractivity contribution >= 4 is 108 Å². The maximum absolute atomic E-state index is 2.89. The van der Waals surface area contributed by atoms with Crippen LogP contribution in [0.25, 0.3) is 119 Å². The normalized spacial score (nSPS) is 13.3. The number of hydrogen-bond acceptors (Lipinski definition) is 0. The molecule has 0 aliphatic heterocycles. The van der Waals surface area contributed by atoms with Crippen LogP contribution < -0.4 is 0 Å². The summed E-state index contributed by atoms with van der Waals surface area (Å²) in [5, 5.41) is 23.1. The SMILES string of the molecule is CCCCCCCCCCCCC(CCCCCCCCCC)Cn1c2ccc3cccc4c5cccc6c(-c7cc8c9c%10c7cccc%10c7cccc%10ccc(c9c%107)n8CC(CCCCCCCCCC)CCCCCCCCCCCC)cc1c(c65)c2c34. The summed E-state index contributed by atoms with van der Waals surface area (Å²) in [5.41, 5.74) is 8.63. The molecule has 2 aromatic heterocycles. The average molecular weight is 1200 g/mol. The van der Waals surface area contributed by atoms with Crippen LogP contribution in [0.2, 0.25) is 0 Å². The van der Waals surface area contributed by atoms with Crippen molar-refractivity contribution in [2.24, 2.45) is 11.8 Å². The fourth-order valence-corrected chi connectivity index (χ4v) is 17.7. The maximum atomic E-state index is 2.89. The zero-order chi connectivity index (χ0) is 61.4. The predicted octanol–water partition coefficient (Wildman–Crippen LogP) is 29.2. The molecule has 0 radical (unpaired) electrons. The van der Waals surface area contributed by atoms with Gasteiger partial charge in [0.15, 0.2) is 0 Å². The van der Waals surface area contributed by atoms with Gasteiger partial charge in [0.05, 0.1) is 11.0 Å². The van der Waals surface area contributed by atoms with Crippen molar-refractivity contribution in [3.8, 4) is 11.1 Å². The van der Waals surface area contributed by atoms with Crippen LogP contribution in [0.3, 0.4) is 0 Å². The van der Waals surface area contributed by atoms with E-state index in [1.165, 1.54) is 376 Å². The molecule has 2 unspecified atom stereocenters. The van der Waals surface area contributed by atoms with E-state index in [0.717, 1.165) is 13.1 Å². The number of hydrogen-bond donors (Lipinski definition) is 0. The molecule has 12 aromatic rings. The first-order valence-electron chi connectivity index (χ1n) is 38.5. The number of benzene rings is 10. The molecule has 478 valence electrons. The Balaban J connectivity index is 0.951. The second-order valence-electron chi connectivity index (χ2n) is 29.2. The Morgan fingerprint density at radius 3 is 0.800 bits per heavy atom. The van der Waals surface area contributed by atoms with Crippen molar-refractivity contribution in [1.82, 2.24) is 9.13 Å². The average Bonchev–Trinajstić information content (AvgIpc) is 1.46. The van der Waals surface area contributed by atoms with Gasteiger partial charge in [0, 0.05) is 56.4 Å². The molecule has 2 nitrogen and oxygen atoms in total. The highest BCUT2D eigenvalue weighted by molar-refractivity contribution is 6.44. The van der Waals surface area contributed by atoms with Gasteiger partial charge in [-0.05, 0) is 127 Å². The third kappa shape index (κ3) is 14.2. The molecule has 0 saturated carbocycles. The second-order valence-corrected chi connectivity index (χ2v) is 29.2. The van der Waals surface area contributed by atoms with Crippen molar-refractivity contribution in [2.45, 2.75) is 298 Å². The summed E-state index contributed by atoms with van der Waals surface area (Å²) in [6, 6.07) is 44.5. The van der Waals surface area contributed by atoms with E-state index in [1.54, 1.807) is 0 Å². The molecule has 0 aliphatic carbocycles. The molecule has 0 bridgehead atoms. The van der Waals surface area contributed by atoms with Gasteiger partial charge in [-0.15, -0.1) is 0 Å². The van der Waals surface area contributed by atoms with Crippen LogP contribution in [0.4, 0.5) is 0 Å². The Morgan fingerprint density at radius 2 is 0.489 bits per heavy atom. The number of rotatable bonds is 45. The molecule has 0 fully saturated rings. The Kier molecular flexibility index (Phi) is 23.2. The lowest BCUT2D eigenvalue weighted by Crippen LogP contribution is -2.11. The van der Waals surface area contributed by atoms with Gasteiger partial charge in [-0.1, -0.05) is 344 Å². The van der Waals surface area contributed by atoms with E-state index in [2.05, 4.69) is 146 Å². The van der Waals surface area contributed by atoms with E-state index in [1.807, 2.05) is 0 Å². The van der Waals surface area contributed by atoms with Gasteiger partial charge in [0.2, 0.25) is 0 Å². The lowest BCUT2D eigenvalue weighted by molar-refractivity contribution is 0.364. The smallest absolute Gasteiger partial charge is 0.0504 e. The summed E-state index contributed by atoms with van der Waals surface area (Å²) in [7, 11) is 0. The van der Waals surface area contributed by atoms with Gasteiger partial charge in [0.25, 0.3) is 0 Å². The summed E-state index contributed by atoms with van der Waals surface area (Å²) < 4.78 is 5.78. The largest absolute Gasteiger partial charge is 0.340 e. The van der Waals surface area contributed by atoms with E-state index >= 15 is 0 Å². The van der Waals surface area contributed by atoms with Gasteiger partial charge in [-0.25, -0.2) is 0 Å². The minimum Gasteiger partial charge on any atom is -0.340 e. The van der Waals surface area contributed by atoms with Crippen LogP contribution >= 0.6 is 0 Å². The minimum atomic E-state index is 0.656. The quantitative estimate of drug-likeness (QED) is 0.0205. The molecule has 0 spiro atoms. The first-order chi connectivity index (χ1) is 44.6. The second kappa shape index (κ2) is 32.3. The van der Waals surface area contributed by atoms with Crippen molar-refractivity contribution in [3.05, 3.63) is 109 Å². The molecule has 90 heavy (non-hydrogen) atoms. The fourth-order valence-electron chi connectivity index (χ4n) is 17.7. The van der Waals surface area contributed by atoms with E-state index in [4.69, 9.17) is 0 Å². The van der Waals surface area contributed by atoms with E-state index in [-0.39, 0.29) is 0 Å². The minimum absolute atomic E-state index is 0.656. The molecular weight excluding hydrogens is 1080 g/mol. The molecule has 10 aromatic carbocycles. The Labute approximate surface area is 544 Å². The zero-order valence-electron chi connectivity index (χ0n) is 57.1. The zero-order valence-corrected chi connectivity index (χ0v) is 57.1. The van der Waals surface area contributed by atoms with Crippen LogP contribution in [-0.4, -0.2) is 9.13 Å². The van der Waals surface area contributed by atoms with Crippen molar-refractivity contribution in [2.75, 3.05) is 0 Å². The maximum Gasteiger partial charge on any atom is 0.0504 e.